The smallest absolute Gasteiger partial charge is 0.254 e. The number of benzene rings is 1. The first kappa shape index (κ1) is 22.0. The standard InChI is InChI=1S/C25H29FN4O2/c1-5-29(6-2)12-13-30-21(9-7-18(15-26)24-27-11-14-32-24)17(3)23-20-16-28(4)25(31)19(20)8-10-22(23)30/h7-11,14H,3,5-6,12-13,15-16H2,1-2,4H3. The molecule has 0 bridgehead atoms. The largest absolute Gasteiger partial charge is 0.445 e. The predicted octanol–water partition coefficient (Wildman–Crippen LogP) is 2.80. The van der Waals surface area contributed by atoms with Crippen molar-refractivity contribution in [3.8, 4) is 0 Å². The van der Waals surface area contributed by atoms with Crippen molar-refractivity contribution in [2.24, 2.45) is 0 Å². The van der Waals surface area contributed by atoms with Crippen LogP contribution in [0.25, 0.3) is 29.1 Å². The second-order valence-electron chi connectivity index (χ2n) is 8.02. The van der Waals surface area contributed by atoms with Gasteiger partial charge in [-0.15, -0.1) is 0 Å². The molecule has 0 spiro atoms. The highest BCUT2D eigenvalue weighted by atomic mass is 19.1. The van der Waals surface area contributed by atoms with E-state index >= 15 is 0 Å². The molecule has 2 aromatic heterocycles. The molecular weight excluding hydrogens is 407 g/mol. The molecule has 6 nitrogen and oxygen atoms in total. The molecule has 32 heavy (non-hydrogen) atoms. The monoisotopic (exact) mass is 436 g/mol. The van der Waals surface area contributed by atoms with Crippen molar-refractivity contribution in [1.82, 2.24) is 19.4 Å². The number of hydrogen-bond acceptors (Lipinski definition) is 4. The first-order chi connectivity index (χ1) is 15.5. The third kappa shape index (κ3) is 3.77. The number of allylic oxidation sites excluding steroid dienone is 2. The van der Waals surface area contributed by atoms with Crippen LogP contribution in [0, 0.1) is 0 Å². The fourth-order valence-electron chi connectivity index (χ4n) is 4.44. The van der Waals surface area contributed by atoms with Crippen LogP contribution in [0.3, 0.4) is 0 Å². The number of fused-ring (bicyclic) bond motifs is 3. The van der Waals surface area contributed by atoms with E-state index in [-0.39, 0.29) is 11.8 Å². The van der Waals surface area contributed by atoms with Crippen LogP contribution in [-0.2, 0) is 13.1 Å². The average molecular weight is 437 g/mol. The lowest BCUT2D eigenvalue weighted by Gasteiger charge is -2.19. The number of likely N-dealkylation sites (N-methyl/N-ethyl adjacent to an activating group) is 1. The van der Waals surface area contributed by atoms with E-state index in [9.17, 15) is 9.18 Å². The summed E-state index contributed by atoms with van der Waals surface area (Å²) in [7, 11) is 1.81. The normalized spacial score (nSPS) is 14.9. The van der Waals surface area contributed by atoms with Crippen LogP contribution in [0.2, 0.25) is 0 Å². The zero-order chi connectivity index (χ0) is 22.8. The molecule has 4 rings (SSSR count). The van der Waals surface area contributed by atoms with Crippen LogP contribution >= 0.6 is 0 Å². The Hall–Kier alpha value is -3.19. The van der Waals surface area contributed by atoms with Gasteiger partial charge in [0.1, 0.15) is 12.9 Å². The molecule has 1 aromatic carbocycles. The quantitative estimate of drug-likeness (QED) is 0.545. The summed E-state index contributed by atoms with van der Waals surface area (Å²) >= 11 is 0. The summed E-state index contributed by atoms with van der Waals surface area (Å²) in [5.41, 5.74) is 3.16. The van der Waals surface area contributed by atoms with Crippen LogP contribution < -0.4 is 10.6 Å². The predicted molar refractivity (Wildman–Crippen MR) is 125 cm³/mol. The Balaban J connectivity index is 1.91. The molecule has 3 aromatic rings. The third-order valence-electron chi connectivity index (χ3n) is 6.28. The number of aromatic nitrogens is 2. The highest BCUT2D eigenvalue weighted by Crippen LogP contribution is 2.27. The van der Waals surface area contributed by atoms with Crippen molar-refractivity contribution in [3.05, 3.63) is 58.3 Å². The summed E-state index contributed by atoms with van der Waals surface area (Å²) in [6.45, 7) is 12.1. The van der Waals surface area contributed by atoms with Gasteiger partial charge in [0.2, 0.25) is 5.89 Å². The van der Waals surface area contributed by atoms with E-state index in [1.165, 1.54) is 12.5 Å². The van der Waals surface area contributed by atoms with Gasteiger partial charge < -0.3 is 18.8 Å². The average Bonchev–Trinajstić information content (AvgIpc) is 3.49. The number of alkyl halides is 1. The van der Waals surface area contributed by atoms with Gasteiger partial charge in [-0.1, -0.05) is 20.4 Å². The number of carbonyl (C=O) groups is 1. The molecule has 168 valence electrons. The number of carbonyl (C=O) groups excluding carboxylic acids is 1. The fraction of sp³-hybridized carbons (Fsp3) is 0.360. The zero-order valence-corrected chi connectivity index (χ0v) is 18.9. The summed E-state index contributed by atoms with van der Waals surface area (Å²) in [5.74, 6) is 0.305. The molecular formula is C25H29FN4O2. The van der Waals surface area contributed by atoms with Crippen LogP contribution in [0.4, 0.5) is 4.39 Å². The maximum atomic E-state index is 13.7. The molecule has 1 amide bonds. The number of halogens is 1. The van der Waals surface area contributed by atoms with E-state index in [4.69, 9.17) is 4.42 Å². The number of amides is 1. The molecule has 0 N–H and O–H groups in total. The number of nitrogens with zero attached hydrogens (tertiary/aromatic N) is 4. The molecule has 0 radical (unpaired) electrons. The molecule has 7 heteroatoms. The van der Waals surface area contributed by atoms with Gasteiger partial charge in [-0.3, -0.25) is 4.79 Å². The summed E-state index contributed by atoms with van der Waals surface area (Å²) < 4.78 is 21.2. The summed E-state index contributed by atoms with van der Waals surface area (Å²) in [4.78, 5) is 20.7. The summed E-state index contributed by atoms with van der Waals surface area (Å²) in [6.07, 6.45) is 6.53. The van der Waals surface area contributed by atoms with Crippen molar-refractivity contribution in [2.75, 3.05) is 33.4 Å². The highest BCUT2D eigenvalue weighted by molar-refractivity contribution is 6.04. The minimum absolute atomic E-state index is 0.0335. The van der Waals surface area contributed by atoms with E-state index in [1.807, 2.05) is 25.3 Å². The SMILES string of the molecule is C=c1c(=CC=C(CF)c2ncco2)n(CCN(CC)CC)c2ccc3c(c12)CN(C)C3=O. The topological polar surface area (TPSA) is 54.5 Å². The Kier molecular flexibility index (Phi) is 6.28. The van der Waals surface area contributed by atoms with Gasteiger partial charge in [-0.25, -0.2) is 9.37 Å². The van der Waals surface area contributed by atoms with Crippen LogP contribution in [0.15, 0.2) is 35.1 Å². The van der Waals surface area contributed by atoms with Crippen LogP contribution in [0.5, 0.6) is 0 Å². The Labute approximate surface area is 186 Å². The Morgan fingerprint density at radius 2 is 2.12 bits per heavy atom. The first-order valence-electron chi connectivity index (χ1n) is 11.0. The van der Waals surface area contributed by atoms with E-state index in [0.29, 0.717) is 12.1 Å². The Morgan fingerprint density at radius 1 is 1.34 bits per heavy atom. The molecule has 1 aliphatic heterocycles. The van der Waals surface area contributed by atoms with E-state index < -0.39 is 6.67 Å². The van der Waals surface area contributed by atoms with Crippen LogP contribution in [0.1, 0.15) is 35.7 Å². The van der Waals surface area contributed by atoms with Crippen molar-refractivity contribution < 1.29 is 13.6 Å². The molecule has 0 saturated carbocycles. The number of rotatable bonds is 8. The lowest BCUT2D eigenvalue weighted by atomic mass is 10.0. The van der Waals surface area contributed by atoms with Gasteiger partial charge >= 0.3 is 0 Å². The maximum absolute atomic E-state index is 13.7. The van der Waals surface area contributed by atoms with E-state index in [1.54, 1.807) is 11.0 Å². The van der Waals surface area contributed by atoms with Crippen molar-refractivity contribution in [2.45, 2.75) is 26.9 Å². The van der Waals surface area contributed by atoms with E-state index in [0.717, 1.165) is 58.8 Å². The highest BCUT2D eigenvalue weighted by Gasteiger charge is 2.27. The molecule has 0 unspecified atom stereocenters. The molecule has 1 aliphatic rings. The Bertz CT molecular complexity index is 1270. The molecule has 0 aliphatic carbocycles. The van der Waals surface area contributed by atoms with Gasteiger partial charge in [0.15, 0.2) is 0 Å². The van der Waals surface area contributed by atoms with Crippen molar-refractivity contribution in [1.29, 1.82) is 0 Å². The maximum Gasteiger partial charge on any atom is 0.254 e. The third-order valence-corrected chi connectivity index (χ3v) is 6.28. The Morgan fingerprint density at radius 3 is 2.78 bits per heavy atom. The summed E-state index contributed by atoms with van der Waals surface area (Å²) in [5, 5.41) is 2.76. The number of oxazole rings is 1. The number of hydrogen-bond donors (Lipinski definition) is 0. The lowest BCUT2D eigenvalue weighted by Crippen LogP contribution is -2.33. The van der Waals surface area contributed by atoms with Gasteiger partial charge in [0, 0.05) is 59.3 Å². The van der Waals surface area contributed by atoms with E-state index in [2.05, 4.69) is 34.9 Å². The minimum atomic E-state index is -0.683. The molecule has 0 atom stereocenters. The second-order valence-corrected chi connectivity index (χ2v) is 8.02. The van der Waals surface area contributed by atoms with Crippen LogP contribution in [-0.4, -0.2) is 58.6 Å². The molecule has 3 heterocycles. The van der Waals surface area contributed by atoms with Gasteiger partial charge in [-0.05, 0) is 42.9 Å². The zero-order valence-electron chi connectivity index (χ0n) is 18.9. The molecule has 0 saturated heterocycles. The second kappa shape index (κ2) is 9.12. The fourth-order valence-corrected chi connectivity index (χ4v) is 4.44. The van der Waals surface area contributed by atoms with Gasteiger partial charge in [0.25, 0.3) is 5.91 Å². The lowest BCUT2D eigenvalue weighted by molar-refractivity contribution is 0.0816. The molecule has 0 fully saturated rings. The van der Waals surface area contributed by atoms with Gasteiger partial charge in [-0.2, -0.15) is 0 Å². The summed E-state index contributed by atoms with van der Waals surface area (Å²) in [6, 6.07) is 3.92. The van der Waals surface area contributed by atoms with Crippen molar-refractivity contribution >= 4 is 35.0 Å². The first-order valence-corrected chi connectivity index (χ1v) is 11.0. The van der Waals surface area contributed by atoms with Gasteiger partial charge in [0.05, 0.1) is 6.20 Å². The van der Waals surface area contributed by atoms with Crippen molar-refractivity contribution in [3.63, 3.8) is 0 Å². The minimum Gasteiger partial charge on any atom is -0.445 e.